The van der Waals surface area contributed by atoms with Crippen molar-refractivity contribution in [3.05, 3.63) is 89.7 Å². The van der Waals surface area contributed by atoms with Gasteiger partial charge in [0, 0.05) is 22.2 Å². The van der Waals surface area contributed by atoms with Crippen molar-refractivity contribution in [3.8, 4) is 11.8 Å². The van der Waals surface area contributed by atoms with Gasteiger partial charge in [-0.2, -0.15) is 23.2 Å². The zero-order valence-corrected chi connectivity index (χ0v) is 22.2. The number of nitrogens with one attached hydrogen (secondary N) is 1. The lowest BCUT2D eigenvalue weighted by atomic mass is 10.1. The fourth-order valence-electron chi connectivity index (χ4n) is 3.81. The number of hydrogen-bond donors (Lipinski definition) is 2. The molecule has 2 aromatic carbocycles. The SMILES string of the molecule is N#Cc1cc(OCC[n+]2ccccc2)cc2sc(S(=O)(=O)NC(c3ccccc3)P(=O)([O-])O)c(C(F)(F)F)c12. The van der Waals surface area contributed by atoms with Crippen LogP contribution in [0, 0.1) is 11.3 Å². The molecule has 0 spiro atoms. The highest BCUT2D eigenvalue weighted by Gasteiger charge is 2.43. The summed E-state index contributed by atoms with van der Waals surface area (Å²) in [5.74, 6) is -2.20. The number of nitrogens with zero attached hydrogens (tertiary/aromatic N) is 2. The number of sulfonamides is 1. The Balaban J connectivity index is 1.78. The molecule has 204 valence electrons. The summed E-state index contributed by atoms with van der Waals surface area (Å²) in [5.41, 5.74) is -2.30. The maximum absolute atomic E-state index is 14.2. The van der Waals surface area contributed by atoms with Crippen LogP contribution in [0.25, 0.3) is 10.1 Å². The summed E-state index contributed by atoms with van der Waals surface area (Å²) >= 11 is 0.199. The molecule has 0 aliphatic heterocycles. The summed E-state index contributed by atoms with van der Waals surface area (Å²) < 4.78 is 88.9. The van der Waals surface area contributed by atoms with E-state index in [9.17, 15) is 41.2 Å². The van der Waals surface area contributed by atoms with Crippen molar-refractivity contribution in [2.24, 2.45) is 0 Å². The van der Waals surface area contributed by atoms with Crippen LogP contribution in [0.15, 0.2) is 77.3 Å². The first-order valence-corrected chi connectivity index (χ1v) is 15.0. The van der Waals surface area contributed by atoms with E-state index < -0.39 is 50.3 Å². The first-order chi connectivity index (χ1) is 18.3. The number of nitriles is 1. The molecule has 2 heterocycles. The summed E-state index contributed by atoms with van der Waals surface area (Å²) in [7, 11) is -10.7. The average Bonchev–Trinajstić information content (AvgIpc) is 3.29. The van der Waals surface area contributed by atoms with Crippen LogP contribution in [0.4, 0.5) is 13.2 Å². The number of fused-ring (bicyclic) bond motifs is 1. The van der Waals surface area contributed by atoms with E-state index in [-0.39, 0.29) is 34.0 Å². The average molecular weight is 598 g/mol. The Morgan fingerprint density at radius 1 is 1.15 bits per heavy atom. The Bertz CT molecular complexity index is 1690. The van der Waals surface area contributed by atoms with Gasteiger partial charge in [0.05, 0.1) is 17.2 Å². The topological polar surface area (TPSA) is 143 Å². The van der Waals surface area contributed by atoms with Gasteiger partial charge in [-0.3, -0.25) is 0 Å². The van der Waals surface area contributed by atoms with E-state index in [2.05, 4.69) is 0 Å². The number of pyridine rings is 1. The van der Waals surface area contributed by atoms with E-state index in [4.69, 9.17) is 4.74 Å². The molecule has 0 saturated carbocycles. The molecule has 9 nitrogen and oxygen atoms in total. The number of benzene rings is 2. The minimum atomic E-state index is -5.46. The summed E-state index contributed by atoms with van der Waals surface area (Å²) in [4.78, 5) is 21.7. The highest BCUT2D eigenvalue weighted by Crippen LogP contribution is 2.50. The summed E-state index contributed by atoms with van der Waals surface area (Å²) in [6.45, 7) is 0.489. The van der Waals surface area contributed by atoms with Crippen LogP contribution in [0.5, 0.6) is 5.75 Å². The van der Waals surface area contributed by atoms with Crippen LogP contribution >= 0.6 is 18.9 Å². The van der Waals surface area contributed by atoms with Crippen LogP contribution in [0.2, 0.25) is 0 Å². The number of halogens is 3. The monoisotopic (exact) mass is 597 g/mol. The predicted octanol–water partition coefficient (Wildman–Crippen LogP) is 3.68. The van der Waals surface area contributed by atoms with Crippen molar-refractivity contribution in [1.29, 1.82) is 5.26 Å². The van der Waals surface area contributed by atoms with Gasteiger partial charge in [0.15, 0.2) is 26.5 Å². The van der Waals surface area contributed by atoms with Crippen LogP contribution in [-0.2, 0) is 27.3 Å². The highest BCUT2D eigenvalue weighted by atomic mass is 32.2. The molecule has 0 aliphatic carbocycles. The van der Waals surface area contributed by atoms with Gasteiger partial charge in [-0.1, -0.05) is 36.4 Å². The maximum atomic E-state index is 14.2. The van der Waals surface area contributed by atoms with Gasteiger partial charge >= 0.3 is 6.18 Å². The molecule has 2 unspecified atom stereocenters. The minimum absolute atomic E-state index is 0.0454. The molecule has 4 aromatic rings. The van der Waals surface area contributed by atoms with E-state index in [1.165, 1.54) is 36.4 Å². The third kappa shape index (κ3) is 6.47. The lowest BCUT2D eigenvalue weighted by molar-refractivity contribution is -0.697. The molecule has 0 bridgehead atoms. The molecule has 2 aromatic heterocycles. The van der Waals surface area contributed by atoms with Gasteiger partial charge in [-0.05, 0) is 17.7 Å². The highest BCUT2D eigenvalue weighted by molar-refractivity contribution is 7.92. The van der Waals surface area contributed by atoms with Crippen molar-refractivity contribution < 1.29 is 45.2 Å². The zero-order valence-electron chi connectivity index (χ0n) is 19.7. The molecule has 0 fully saturated rings. The van der Waals surface area contributed by atoms with E-state index in [1.807, 2.05) is 6.07 Å². The standard InChI is InChI=1S/C24H19F3N3O6PS2/c25-24(26,27)21-20-17(15-28)13-18(36-12-11-30-9-5-2-6-10-30)14-19(20)38-23(21)39(34,35)29-22(37(31,32)33)16-7-3-1-4-8-16/h1-10,13-14,22,29H,11-12H2,(H-,31,32,33). The van der Waals surface area contributed by atoms with Crippen LogP contribution < -0.4 is 18.9 Å². The van der Waals surface area contributed by atoms with E-state index in [1.54, 1.807) is 39.9 Å². The molecule has 2 N–H and O–H groups in total. The molecule has 2 atom stereocenters. The van der Waals surface area contributed by atoms with Gasteiger partial charge in [-0.25, -0.2) is 13.0 Å². The fourth-order valence-corrected chi connectivity index (χ4v) is 8.19. The van der Waals surface area contributed by atoms with Crippen molar-refractivity contribution in [3.63, 3.8) is 0 Å². The quantitative estimate of drug-likeness (QED) is 0.221. The molecule has 4 rings (SSSR count). The maximum Gasteiger partial charge on any atom is 0.419 e. The minimum Gasteiger partial charge on any atom is -0.777 e. The van der Waals surface area contributed by atoms with E-state index >= 15 is 0 Å². The summed E-state index contributed by atoms with van der Waals surface area (Å²) in [6.07, 6.45) is -1.67. The third-order valence-electron chi connectivity index (χ3n) is 5.48. The number of thiophene rings is 1. The van der Waals surface area contributed by atoms with Crippen LogP contribution in [0.3, 0.4) is 0 Å². The Morgan fingerprint density at radius 2 is 1.79 bits per heavy atom. The summed E-state index contributed by atoms with van der Waals surface area (Å²) in [6, 6.07) is 15.9. The van der Waals surface area contributed by atoms with Crippen molar-refractivity contribution in [2.45, 2.75) is 22.7 Å². The molecular weight excluding hydrogens is 578 g/mol. The molecule has 0 aliphatic rings. The van der Waals surface area contributed by atoms with Gasteiger partial charge in [0.1, 0.15) is 22.3 Å². The summed E-state index contributed by atoms with van der Waals surface area (Å²) in [5, 5.41) is 8.96. The number of aromatic nitrogens is 1. The second-order valence-corrected chi connectivity index (χ2v) is 12.8. The number of ether oxygens (including phenoxy) is 1. The fraction of sp³-hybridized carbons (Fsp3) is 0.167. The van der Waals surface area contributed by atoms with Crippen LogP contribution in [-0.4, -0.2) is 19.9 Å². The second-order valence-electron chi connectivity index (χ2n) is 8.18. The molecule has 39 heavy (non-hydrogen) atoms. The Kier molecular flexibility index (Phi) is 8.13. The Hall–Kier alpha value is -3.31. The van der Waals surface area contributed by atoms with Crippen molar-refractivity contribution in [1.82, 2.24) is 4.72 Å². The van der Waals surface area contributed by atoms with Crippen molar-refractivity contribution >= 4 is 39.0 Å². The van der Waals surface area contributed by atoms with E-state index in [0.717, 1.165) is 6.07 Å². The Labute approximate surface area is 224 Å². The van der Waals surface area contributed by atoms with Crippen LogP contribution in [0.1, 0.15) is 22.5 Å². The molecule has 0 amide bonds. The normalized spacial score (nSPS) is 14.5. The zero-order chi connectivity index (χ0) is 28.4. The van der Waals surface area contributed by atoms with E-state index in [0.29, 0.717) is 6.54 Å². The van der Waals surface area contributed by atoms with Gasteiger partial charge in [0.25, 0.3) is 10.0 Å². The largest absolute Gasteiger partial charge is 0.777 e. The van der Waals surface area contributed by atoms with Crippen molar-refractivity contribution in [2.75, 3.05) is 6.61 Å². The number of rotatable bonds is 9. The molecule has 15 heteroatoms. The van der Waals surface area contributed by atoms with Gasteiger partial charge in [-0.15, -0.1) is 11.3 Å². The number of alkyl halides is 3. The second kappa shape index (κ2) is 11.1. The first kappa shape index (κ1) is 28.7. The number of hydrogen-bond acceptors (Lipinski definition) is 7. The lowest BCUT2D eigenvalue weighted by Crippen LogP contribution is -2.35. The third-order valence-corrected chi connectivity index (χ3v) is 9.82. The lowest BCUT2D eigenvalue weighted by Gasteiger charge is -2.28. The first-order valence-electron chi connectivity index (χ1n) is 11.1. The molecule has 0 radical (unpaired) electrons. The smallest absolute Gasteiger partial charge is 0.419 e. The van der Waals surface area contributed by atoms with Gasteiger partial charge in [0.2, 0.25) is 0 Å². The van der Waals surface area contributed by atoms with Gasteiger partial charge < -0.3 is 19.1 Å². The predicted molar refractivity (Wildman–Crippen MR) is 133 cm³/mol. The molecular formula is C24H19F3N3O6PS2. The molecule has 0 saturated heterocycles. The Morgan fingerprint density at radius 3 is 2.38 bits per heavy atom.